The van der Waals surface area contributed by atoms with Crippen molar-refractivity contribution in [3.63, 3.8) is 0 Å². The number of hydrogen-bond acceptors (Lipinski definition) is 7. The predicted molar refractivity (Wildman–Crippen MR) is 122 cm³/mol. The van der Waals surface area contributed by atoms with Crippen molar-refractivity contribution in [2.75, 3.05) is 22.5 Å². The van der Waals surface area contributed by atoms with E-state index >= 15 is 0 Å². The molecular formula is C19H20BrN5O2S2. The molecule has 3 heterocycles. The molecule has 1 aromatic heterocycles. The Morgan fingerprint density at radius 2 is 2.14 bits per heavy atom. The number of fused-ring (bicyclic) bond motifs is 3. The van der Waals surface area contributed by atoms with Gasteiger partial charge in [0.1, 0.15) is 4.88 Å². The van der Waals surface area contributed by atoms with Gasteiger partial charge >= 0.3 is 0 Å². The van der Waals surface area contributed by atoms with E-state index in [-0.39, 0.29) is 23.9 Å². The van der Waals surface area contributed by atoms with Gasteiger partial charge in [0.15, 0.2) is 5.17 Å². The van der Waals surface area contributed by atoms with Gasteiger partial charge < -0.3 is 5.32 Å². The highest BCUT2D eigenvalue weighted by Gasteiger charge is 2.43. The molecule has 0 spiro atoms. The van der Waals surface area contributed by atoms with Gasteiger partial charge in [0.2, 0.25) is 12.2 Å². The van der Waals surface area contributed by atoms with E-state index in [1.807, 2.05) is 45.5 Å². The van der Waals surface area contributed by atoms with Gasteiger partial charge in [-0.1, -0.05) is 41.0 Å². The molecule has 1 aromatic carbocycles. The fraction of sp³-hybridized carbons (Fsp3) is 0.316. The predicted octanol–water partition coefficient (Wildman–Crippen LogP) is 4.10. The second kappa shape index (κ2) is 8.76. The second-order valence-electron chi connectivity index (χ2n) is 6.60. The van der Waals surface area contributed by atoms with Crippen molar-refractivity contribution in [2.45, 2.75) is 26.1 Å². The first-order valence-corrected chi connectivity index (χ1v) is 11.9. The fourth-order valence-electron chi connectivity index (χ4n) is 3.18. The van der Waals surface area contributed by atoms with E-state index < -0.39 is 0 Å². The van der Waals surface area contributed by atoms with E-state index in [4.69, 9.17) is 0 Å². The molecule has 1 atom stereocenters. The minimum Gasteiger partial charge on any atom is -0.325 e. The van der Waals surface area contributed by atoms with Crippen LogP contribution in [0.25, 0.3) is 0 Å². The Balaban J connectivity index is 1.44. The first-order chi connectivity index (χ1) is 14.1. The molecule has 2 aliphatic heterocycles. The number of halogens is 1. The van der Waals surface area contributed by atoms with Crippen LogP contribution in [0.15, 0.2) is 45.3 Å². The molecule has 2 amide bonds. The number of amides is 2. The van der Waals surface area contributed by atoms with E-state index in [0.29, 0.717) is 16.6 Å². The number of thiophene rings is 1. The Kier molecular flexibility index (Phi) is 6.12. The number of rotatable bonds is 6. The zero-order chi connectivity index (χ0) is 20.4. The van der Waals surface area contributed by atoms with Crippen molar-refractivity contribution in [1.82, 2.24) is 10.3 Å². The molecule has 0 saturated heterocycles. The lowest BCUT2D eigenvalue weighted by Gasteiger charge is -2.39. The minimum absolute atomic E-state index is 0.0339. The molecule has 0 saturated carbocycles. The number of nitrogens with zero attached hydrogens (tertiary/aromatic N) is 3. The number of benzene rings is 1. The van der Waals surface area contributed by atoms with Crippen molar-refractivity contribution >= 4 is 67.4 Å². The molecule has 7 nitrogen and oxygen atoms in total. The lowest BCUT2D eigenvalue weighted by atomic mass is 10.2. The maximum atomic E-state index is 12.9. The molecule has 152 valence electrons. The summed E-state index contributed by atoms with van der Waals surface area (Å²) in [6, 6.07) is 9.39. The maximum Gasteiger partial charge on any atom is 0.269 e. The molecule has 1 unspecified atom stereocenters. The highest BCUT2D eigenvalue weighted by molar-refractivity contribution is 9.10. The van der Waals surface area contributed by atoms with Crippen LogP contribution in [0.1, 0.15) is 29.4 Å². The SMILES string of the molecule is CCCCN1C(=O)c2sccc2N2C(SCC(=O)Nc3ccc(Br)cc3)=NNC12. The Morgan fingerprint density at radius 1 is 1.34 bits per heavy atom. The van der Waals surface area contributed by atoms with Gasteiger partial charge in [0, 0.05) is 16.7 Å². The minimum atomic E-state index is -0.340. The Hall–Kier alpha value is -2.04. The molecular weight excluding hydrogens is 474 g/mol. The van der Waals surface area contributed by atoms with Crippen LogP contribution < -0.4 is 15.6 Å². The van der Waals surface area contributed by atoms with Crippen LogP contribution in [0.2, 0.25) is 0 Å². The molecule has 4 rings (SSSR count). The normalized spacial score (nSPS) is 17.5. The monoisotopic (exact) mass is 493 g/mol. The first-order valence-electron chi connectivity index (χ1n) is 9.27. The summed E-state index contributed by atoms with van der Waals surface area (Å²) in [5, 5.41) is 9.92. The Morgan fingerprint density at radius 3 is 2.90 bits per heavy atom. The highest BCUT2D eigenvalue weighted by Crippen LogP contribution is 2.38. The lowest BCUT2D eigenvalue weighted by molar-refractivity contribution is -0.113. The molecule has 0 fully saturated rings. The van der Waals surface area contributed by atoms with Crippen molar-refractivity contribution in [3.8, 4) is 0 Å². The van der Waals surface area contributed by atoms with E-state index in [0.717, 1.165) is 28.7 Å². The molecule has 2 N–H and O–H groups in total. The summed E-state index contributed by atoms with van der Waals surface area (Å²) in [6.45, 7) is 2.77. The van der Waals surface area contributed by atoms with Gasteiger partial charge in [-0.05, 0) is 42.1 Å². The van der Waals surface area contributed by atoms with E-state index in [9.17, 15) is 9.59 Å². The summed E-state index contributed by atoms with van der Waals surface area (Å²) in [6.07, 6.45) is 1.59. The molecule has 0 bridgehead atoms. The summed E-state index contributed by atoms with van der Waals surface area (Å²) < 4.78 is 0.959. The van der Waals surface area contributed by atoms with Gasteiger partial charge in [0.05, 0.1) is 11.4 Å². The average Bonchev–Trinajstić information content (AvgIpc) is 3.35. The third-order valence-corrected chi connectivity index (χ3v) is 6.97. The molecule has 0 radical (unpaired) electrons. The van der Waals surface area contributed by atoms with Crippen molar-refractivity contribution in [1.29, 1.82) is 0 Å². The van der Waals surface area contributed by atoms with Gasteiger partial charge in [0.25, 0.3) is 5.91 Å². The van der Waals surface area contributed by atoms with Gasteiger partial charge in [-0.3, -0.25) is 24.8 Å². The van der Waals surface area contributed by atoms with E-state index in [2.05, 4.69) is 38.7 Å². The third-order valence-electron chi connectivity index (χ3n) is 4.59. The topological polar surface area (TPSA) is 77.0 Å². The van der Waals surface area contributed by atoms with Crippen LogP contribution in [-0.2, 0) is 4.79 Å². The van der Waals surface area contributed by atoms with Crippen LogP contribution in [0.4, 0.5) is 11.4 Å². The first kappa shape index (κ1) is 20.2. The molecule has 29 heavy (non-hydrogen) atoms. The number of hydrogen-bond donors (Lipinski definition) is 2. The lowest BCUT2D eigenvalue weighted by Crippen LogP contribution is -2.58. The average molecular weight is 494 g/mol. The quantitative estimate of drug-likeness (QED) is 0.633. The van der Waals surface area contributed by atoms with Crippen LogP contribution in [0.3, 0.4) is 0 Å². The van der Waals surface area contributed by atoms with E-state index in [1.165, 1.54) is 23.1 Å². The van der Waals surface area contributed by atoms with Gasteiger partial charge in [-0.2, -0.15) is 5.10 Å². The molecule has 0 aliphatic carbocycles. The summed E-state index contributed by atoms with van der Waals surface area (Å²) in [4.78, 5) is 29.8. The summed E-state index contributed by atoms with van der Waals surface area (Å²) in [5.41, 5.74) is 4.67. The van der Waals surface area contributed by atoms with Crippen LogP contribution in [-0.4, -0.2) is 40.5 Å². The molecule has 2 aliphatic rings. The number of thioether (sulfide) groups is 1. The van der Waals surface area contributed by atoms with Crippen molar-refractivity contribution in [2.24, 2.45) is 5.10 Å². The van der Waals surface area contributed by atoms with Crippen LogP contribution >= 0.6 is 39.0 Å². The van der Waals surface area contributed by atoms with Crippen molar-refractivity contribution in [3.05, 3.63) is 45.1 Å². The fourth-order valence-corrected chi connectivity index (χ4v) is 5.07. The smallest absolute Gasteiger partial charge is 0.269 e. The number of unbranched alkanes of at least 4 members (excludes halogenated alkanes) is 1. The van der Waals surface area contributed by atoms with Crippen molar-refractivity contribution < 1.29 is 9.59 Å². The summed E-state index contributed by atoms with van der Waals surface area (Å²) in [7, 11) is 0. The summed E-state index contributed by atoms with van der Waals surface area (Å²) >= 11 is 6.18. The number of nitrogens with one attached hydrogen (secondary N) is 2. The maximum absolute atomic E-state index is 12.9. The number of hydrazone groups is 1. The Labute approximate surface area is 185 Å². The Bertz CT molecular complexity index is 946. The zero-order valence-electron chi connectivity index (χ0n) is 15.7. The second-order valence-corrected chi connectivity index (χ2v) is 9.37. The number of amidine groups is 1. The number of carbonyl (C=O) groups excluding carboxylic acids is 2. The van der Waals surface area contributed by atoms with Gasteiger partial charge in [-0.25, -0.2) is 0 Å². The third kappa shape index (κ3) is 4.15. The van der Waals surface area contributed by atoms with E-state index in [1.54, 1.807) is 0 Å². The van der Waals surface area contributed by atoms with Crippen LogP contribution in [0.5, 0.6) is 0 Å². The highest BCUT2D eigenvalue weighted by atomic mass is 79.9. The standard InChI is InChI=1S/C19H20BrN5O2S2/c1-2-3-9-24-17(27)16-14(8-10-28-16)25-18(24)22-23-19(25)29-11-15(26)21-13-6-4-12(20)5-7-13/h4-8,10,18,22H,2-3,9,11H2,1H3,(H,21,26). The zero-order valence-corrected chi connectivity index (χ0v) is 18.9. The summed E-state index contributed by atoms with van der Waals surface area (Å²) in [5.74, 6) is 0.152. The number of anilines is 2. The van der Waals surface area contributed by atoms with Gasteiger partial charge in [-0.15, -0.1) is 11.3 Å². The molecule has 2 aromatic rings. The largest absolute Gasteiger partial charge is 0.325 e. The van der Waals surface area contributed by atoms with Crippen LogP contribution in [0, 0.1) is 0 Å². The number of carbonyl (C=O) groups is 2. The molecule has 10 heteroatoms.